The number of urea groups is 1. The van der Waals surface area contributed by atoms with Crippen molar-refractivity contribution < 1.29 is 19.0 Å². The molecule has 208 valence electrons. The third kappa shape index (κ3) is 4.79. The third-order valence-electron chi connectivity index (χ3n) is 7.21. The number of para-hydroxylation sites is 1. The quantitative estimate of drug-likeness (QED) is 0.368. The molecule has 5 heterocycles. The van der Waals surface area contributed by atoms with E-state index in [1.807, 2.05) is 28.8 Å². The molecule has 6 rings (SSSR count). The van der Waals surface area contributed by atoms with Crippen LogP contribution in [0, 0.1) is 0 Å². The van der Waals surface area contributed by atoms with Crippen LogP contribution < -0.4 is 25.4 Å². The van der Waals surface area contributed by atoms with Crippen LogP contribution in [0.15, 0.2) is 36.8 Å². The number of benzene rings is 1. The number of rotatable bonds is 6. The van der Waals surface area contributed by atoms with Crippen molar-refractivity contribution in [3.8, 4) is 22.8 Å². The van der Waals surface area contributed by atoms with E-state index in [1.54, 1.807) is 31.5 Å². The second-order valence-electron chi connectivity index (χ2n) is 9.56. The summed E-state index contributed by atoms with van der Waals surface area (Å²) in [5.41, 5.74) is 10.7. The number of morpholine rings is 1. The van der Waals surface area contributed by atoms with Gasteiger partial charge in [0, 0.05) is 62.3 Å². The molecule has 3 N–H and O–H groups in total. The van der Waals surface area contributed by atoms with Gasteiger partial charge in [0.2, 0.25) is 5.95 Å². The number of fused-ring (bicyclic) bond motifs is 3. The Balaban J connectivity index is 1.30. The zero-order valence-corrected chi connectivity index (χ0v) is 22.5. The summed E-state index contributed by atoms with van der Waals surface area (Å²) in [7, 11) is 3.18. The molecular formula is C27H31N9O4. The van der Waals surface area contributed by atoms with Crippen molar-refractivity contribution in [1.29, 1.82) is 0 Å². The molecule has 13 heteroatoms. The predicted molar refractivity (Wildman–Crippen MR) is 147 cm³/mol. The van der Waals surface area contributed by atoms with E-state index in [1.165, 1.54) is 0 Å². The fourth-order valence-corrected chi connectivity index (χ4v) is 5.14. The molecule has 0 saturated carbocycles. The summed E-state index contributed by atoms with van der Waals surface area (Å²) in [5.74, 6) is 2.20. The maximum atomic E-state index is 13.3. The molecule has 3 aromatic heterocycles. The van der Waals surface area contributed by atoms with Gasteiger partial charge in [0.15, 0.2) is 23.0 Å². The highest BCUT2D eigenvalue weighted by atomic mass is 16.5. The molecule has 0 spiro atoms. The number of nitrogen functional groups attached to an aromatic ring is 1. The number of amides is 2. The number of carbonyl (C=O) groups excluding carboxylic acids is 1. The Hall–Kier alpha value is -4.65. The van der Waals surface area contributed by atoms with Gasteiger partial charge >= 0.3 is 6.03 Å². The molecule has 0 unspecified atom stereocenters. The Kier molecular flexibility index (Phi) is 6.95. The van der Waals surface area contributed by atoms with Gasteiger partial charge in [0.1, 0.15) is 0 Å². The lowest BCUT2D eigenvalue weighted by molar-refractivity contribution is 0.122. The van der Waals surface area contributed by atoms with Crippen LogP contribution in [0.4, 0.5) is 16.6 Å². The number of nitrogens with one attached hydrogen (secondary N) is 1. The minimum Gasteiger partial charge on any atom is -0.493 e. The summed E-state index contributed by atoms with van der Waals surface area (Å²) in [6, 6.07) is 5.44. The largest absolute Gasteiger partial charge is 0.493 e. The van der Waals surface area contributed by atoms with Crippen molar-refractivity contribution >= 4 is 23.4 Å². The number of nitrogens with two attached hydrogens (primary N) is 1. The highest BCUT2D eigenvalue weighted by Gasteiger charge is 2.28. The van der Waals surface area contributed by atoms with Crippen LogP contribution in [-0.4, -0.2) is 82.3 Å². The number of nitrogens with zero attached hydrogens (tertiary/aromatic N) is 7. The van der Waals surface area contributed by atoms with E-state index in [0.29, 0.717) is 69.6 Å². The summed E-state index contributed by atoms with van der Waals surface area (Å²) in [4.78, 5) is 35.5. The summed E-state index contributed by atoms with van der Waals surface area (Å²) in [5, 5.41) is 3.03. The van der Waals surface area contributed by atoms with E-state index in [4.69, 9.17) is 29.9 Å². The Labute approximate surface area is 230 Å². The maximum absolute atomic E-state index is 13.3. The van der Waals surface area contributed by atoms with E-state index in [0.717, 1.165) is 34.0 Å². The summed E-state index contributed by atoms with van der Waals surface area (Å²) >= 11 is 0. The number of methoxy groups -OCH3 is 2. The topological polar surface area (TPSA) is 145 Å². The van der Waals surface area contributed by atoms with Crippen molar-refractivity contribution in [2.24, 2.45) is 0 Å². The summed E-state index contributed by atoms with van der Waals surface area (Å²) < 4.78 is 18.5. The number of anilines is 2. The van der Waals surface area contributed by atoms with Gasteiger partial charge in [-0.3, -0.25) is 4.40 Å². The Morgan fingerprint density at radius 2 is 1.90 bits per heavy atom. The van der Waals surface area contributed by atoms with E-state index >= 15 is 0 Å². The van der Waals surface area contributed by atoms with Gasteiger partial charge in [-0.25, -0.2) is 24.7 Å². The predicted octanol–water partition coefficient (Wildman–Crippen LogP) is 1.89. The third-order valence-corrected chi connectivity index (χ3v) is 7.21. The van der Waals surface area contributed by atoms with Gasteiger partial charge in [-0.15, -0.1) is 0 Å². The van der Waals surface area contributed by atoms with Crippen molar-refractivity contribution in [3.05, 3.63) is 53.7 Å². The first-order valence-corrected chi connectivity index (χ1v) is 13.1. The first kappa shape index (κ1) is 25.6. The average molecular weight is 546 g/mol. The standard InChI is InChI=1S/C27H31N9O4/c1-38-22-5-3-4-17(23(22)39-2)12-31-27(37)35-7-6-19-21(16-35)36-15-20(18-13-29-26(28)30-14-18)33-24(25(36)32-19)34-8-10-40-11-9-34/h3-5,13-15H,6-12,16H2,1-2H3,(H,31,37)(H2,28,29,30). The summed E-state index contributed by atoms with van der Waals surface area (Å²) in [6.45, 7) is 3.93. The van der Waals surface area contributed by atoms with Crippen LogP contribution >= 0.6 is 0 Å². The molecule has 2 aliphatic rings. The number of carbonyl (C=O) groups is 1. The van der Waals surface area contributed by atoms with Crippen LogP contribution in [0.25, 0.3) is 16.9 Å². The lowest BCUT2D eigenvalue weighted by atomic mass is 10.1. The molecular weight excluding hydrogens is 514 g/mol. The van der Waals surface area contributed by atoms with Gasteiger partial charge in [-0.05, 0) is 6.07 Å². The second kappa shape index (κ2) is 10.8. The number of aromatic nitrogens is 5. The lowest BCUT2D eigenvalue weighted by Gasteiger charge is -2.29. The van der Waals surface area contributed by atoms with Crippen molar-refractivity contribution in [2.45, 2.75) is 19.5 Å². The number of hydrogen-bond donors (Lipinski definition) is 2. The van der Waals surface area contributed by atoms with E-state index in [9.17, 15) is 4.79 Å². The molecule has 0 bridgehead atoms. The normalized spacial score (nSPS) is 15.2. The Morgan fingerprint density at radius 3 is 2.65 bits per heavy atom. The monoisotopic (exact) mass is 545 g/mol. The van der Waals surface area contributed by atoms with E-state index in [2.05, 4.69) is 20.2 Å². The van der Waals surface area contributed by atoms with Crippen molar-refractivity contribution in [3.63, 3.8) is 0 Å². The highest BCUT2D eigenvalue weighted by Crippen LogP contribution is 2.32. The fourth-order valence-electron chi connectivity index (χ4n) is 5.14. The van der Waals surface area contributed by atoms with Crippen molar-refractivity contribution in [2.75, 3.05) is 57.7 Å². The van der Waals surface area contributed by atoms with Gasteiger partial charge in [0.05, 0.1) is 51.1 Å². The lowest BCUT2D eigenvalue weighted by Crippen LogP contribution is -2.42. The highest BCUT2D eigenvalue weighted by molar-refractivity contribution is 5.75. The van der Waals surface area contributed by atoms with Gasteiger partial charge in [0.25, 0.3) is 0 Å². The molecule has 2 amide bonds. The van der Waals surface area contributed by atoms with Crippen LogP contribution in [0.1, 0.15) is 17.0 Å². The van der Waals surface area contributed by atoms with Gasteiger partial charge in [-0.1, -0.05) is 12.1 Å². The van der Waals surface area contributed by atoms with Crippen LogP contribution in [0.2, 0.25) is 0 Å². The van der Waals surface area contributed by atoms with Crippen LogP contribution in [-0.2, 0) is 24.2 Å². The molecule has 1 aromatic carbocycles. The number of ether oxygens (including phenoxy) is 3. The van der Waals surface area contributed by atoms with Gasteiger partial charge in [-0.2, -0.15) is 0 Å². The minimum absolute atomic E-state index is 0.167. The zero-order chi connectivity index (χ0) is 27.6. The Morgan fingerprint density at radius 1 is 1.10 bits per heavy atom. The number of hydrogen-bond acceptors (Lipinski definition) is 10. The number of imidazole rings is 1. The second-order valence-corrected chi connectivity index (χ2v) is 9.56. The molecule has 40 heavy (non-hydrogen) atoms. The molecule has 0 radical (unpaired) electrons. The van der Waals surface area contributed by atoms with Crippen LogP contribution in [0.3, 0.4) is 0 Å². The molecule has 0 atom stereocenters. The van der Waals surface area contributed by atoms with Crippen LogP contribution in [0.5, 0.6) is 11.5 Å². The maximum Gasteiger partial charge on any atom is 0.318 e. The average Bonchev–Trinajstić information content (AvgIpc) is 3.37. The fraction of sp³-hybridized carbons (Fsp3) is 0.370. The minimum atomic E-state index is -0.167. The van der Waals surface area contributed by atoms with Crippen molar-refractivity contribution in [1.82, 2.24) is 34.6 Å². The molecule has 1 saturated heterocycles. The van der Waals surface area contributed by atoms with E-state index < -0.39 is 0 Å². The molecule has 1 fully saturated rings. The molecule has 4 aromatic rings. The zero-order valence-electron chi connectivity index (χ0n) is 22.5. The summed E-state index contributed by atoms with van der Waals surface area (Å²) in [6.07, 6.45) is 5.89. The van der Waals surface area contributed by atoms with Gasteiger partial charge < -0.3 is 35.1 Å². The van der Waals surface area contributed by atoms with E-state index in [-0.39, 0.29) is 12.0 Å². The first-order valence-electron chi connectivity index (χ1n) is 13.1. The molecule has 13 nitrogen and oxygen atoms in total. The first-order chi connectivity index (χ1) is 19.6. The molecule has 0 aliphatic carbocycles. The Bertz CT molecular complexity index is 1530. The SMILES string of the molecule is COc1cccc(CNC(=O)N2CCc3nc4c(N5CCOCC5)nc(-c5cnc(N)nc5)cn4c3C2)c1OC. The molecule has 2 aliphatic heterocycles. The smallest absolute Gasteiger partial charge is 0.318 e.